The zero-order valence-corrected chi connectivity index (χ0v) is 17.3. The Balaban J connectivity index is 1.40. The molecule has 9 nitrogen and oxygen atoms in total. The summed E-state index contributed by atoms with van der Waals surface area (Å²) in [5.74, 6) is 1.63. The van der Waals surface area contributed by atoms with Gasteiger partial charge in [-0.3, -0.25) is 4.90 Å². The number of urea groups is 1. The van der Waals surface area contributed by atoms with E-state index in [0.717, 1.165) is 18.4 Å². The summed E-state index contributed by atoms with van der Waals surface area (Å²) in [4.78, 5) is 31.4. The first-order chi connectivity index (χ1) is 15.1. The lowest BCUT2D eigenvalue weighted by molar-refractivity contribution is -0.136. The Morgan fingerprint density at radius 1 is 1.16 bits per heavy atom. The molecule has 1 aromatic heterocycles. The molecule has 1 saturated carbocycles. The molecule has 0 radical (unpaired) electrons. The molecular formula is C22H24N4O5. The van der Waals surface area contributed by atoms with Crippen LogP contribution in [-0.4, -0.2) is 40.8 Å². The summed E-state index contributed by atoms with van der Waals surface area (Å²) in [6.45, 7) is 0.133. The highest BCUT2D eigenvalue weighted by molar-refractivity contribution is 5.97. The van der Waals surface area contributed by atoms with Gasteiger partial charge in [0, 0.05) is 5.92 Å². The normalized spacial score (nSPS) is 21.7. The van der Waals surface area contributed by atoms with E-state index in [1.807, 2.05) is 12.1 Å². The molecule has 1 N–H and O–H groups in total. The fraction of sp³-hybridized carbons (Fsp3) is 0.455. The van der Waals surface area contributed by atoms with Crippen molar-refractivity contribution in [3.63, 3.8) is 0 Å². The van der Waals surface area contributed by atoms with Crippen LogP contribution in [0.5, 0.6) is 5.75 Å². The van der Waals surface area contributed by atoms with Crippen molar-refractivity contribution in [3.8, 4) is 5.75 Å². The number of ether oxygens (including phenoxy) is 2. The predicted octanol–water partition coefficient (Wildman–Crippen LogP) is 3.20. The van der Waals surface area contributed by atoms with E-state index in [4.69, 9.17) is 14.0 Å². The molecule has 3 aliphatic rings. The number of hydrogen-bond donors (Lipinski definition) is 1. The number of rotatable bonds is 5. The number of methoxy groups -OCH3 is 1. The van der Waals surface area contributed by atoms with Crippen molar-refractivity contribution in [3.05, 3.63) is 52.8 Å². The monoisotopic (exact) mass is 424 g/mol. The third-order valence-electron chi connectivity index (χ3n) is 6.19. The van der Waals surface area contributed by atoms with Gasteiger partial charge in [0.1, 0.15) is 18.9 Å². The van der Waals surface area contributed by atoms with Gasteiger partial charge in [-0.15, -0.1) is 0 Å². The summed E-state index contributed by atoms with van der Waals surface area (Å²) in [6.07, 6.45) is 5.71. The van der Waals surface area contributed by atoms with Crippen LogP contribution in [-0.2, 0) is 16.1 Å². The Hall–Kier alpha value is -3.36. The number of benzene rings is 1. The fourth-order valence-electron chi connectivity index (χ4n) is 4.52. The van der Waals surface area contributed by atoms with Crippen LogP contribution in [0.1, 0.15) is 61.3 Å². The predicted molar refractivity (Wildman–Crippen MR) is 108 cm³/mol. The third kappa shape index (κ3) is 3.64. The number of nitrogens with zero attached hydrogens (tertiary/aromatic N) is 3. The number of esters is 1. The van der Waals surface area contributed by atoms with Gasteiger partial charge >= 0.3 is 12.0 Å². The van der Waals surface area contributed by atoms with Crippen molar-refractivity contribution >= 4 is 12.0 Å². The summed E-state index contributed by atoms with van der Waals surface area (Å²) in [7, 11) is 1.58. The van der Waals surface area contributed by atoms with E-state index in [-0.39, 0.29) is 19.2 Å². The smallest absolute Gasteiger partial charge is 0.338 e. The Morgan fingerprint density at radius 3 is 2.68 bits per heavy atom. The Morgan fingerprint density at radius 2 is 1.94 bits per heavy atom. The van der Waals surface area contributed by atoms with Gasteiger partial charge in [-0.25, -0.2) is 9.59 Å². The summed E-state index contributed by atoms with van der Waals surface area (Å²) in [5.41, 5.74) is 1.74. The molecule has 1 unspecified atom stereocenters. The molecule has 1 atom stereocenters. The van der Waals surface area contributed by atoms with Crippen LogP contribution in [0.4, 0.5) is 4.79 Å². The molecule has 1 aromatic carbocycles. The van der Waals surface area contributed by atoms with E-state index < -0.39 is 12.0 Å². The number of cyclic esters (lactones) is 1. The van der Waals surface area contributed by atoms with Crippen molar-refractivity contribution in [1.82, 2.24) is 20.4 Å². The summed E-state index contributed by atoms with van der Waals surface area (Å²) >= 11 is 0. The Bertz CT molecular complexity index is 1020. The molecule has 2 aliphatic heterocycles. The first-order valence-electron chi connectivity index (χ1n) is 10.6. The molecule has 2 aromatic rings. The highest BCUT2D eigenvalue weighted by Crippen LogP contribution is 2.36. The van der Waals surface area contributed by atoms with E-state index in [1.165, 1.54) is 24.2 Å². The summed E-state index contributed by atoms with van der Waals surface area (Å²) in [6, 6.07) is 6.31. The largest absolute Gasteiger partial charge is 0.497 e. The van der Waals surface area contributed by atoms with Gasteiger partial charge in [-0.1, -0.05) is 36.6 Å². The first-order valence-corrected chi connectivity index (χ1v) is 10.6. The third-order valence-corrected chi connectivity index (χ3v) is 6.19. The van der Waals surface area contributed by atoms with E-state index in [0.29, 0.717) is 34.7 Å². The van der Waals surface area contributed by atoms with Crippen LogP contribution in [0.3, 0.4) is 0 Å². The van der Waals surface area contributed by atoms with E-state index in [2.05, 4.69) is 15.5 Å². The van der Waals surface area contributed by atoms with Gasteiger partial charge < -0.3 is 19.3 Å². The van der Waals surface area contributed by atoms with Gasteiger partial charge in [0.2, 0.25) is 5.89 Å². The molecule has 31 heavy (non-hydrogen) atoms. The summed E-state index contributed by atoms with van der Waals surface area (Å²) < 4.78 is 15.9. The van der Waals surface area contributed by atoms with E-state index >= 15 is 0 Å². The van der Waals surface area contributed by atoms with Crippen molar-refractivity contribution < 1.29 is 23.6 Å². The van der Waals surface area contributed by atoms with Crippen LogP contribution in [0, 0.1) is 0 Å². The van der Waals surface area contributed by atoms with Crippen LogP contribution < -0.4 is 10.1 Å². The molecular weight excluding hydrogens is 400 g/mol. The number of hydrogen-bond acceptors (Lipinski definition) is 7. The van der Waals surface area contributed by atoms with Gasteiger partial charge in [0.05, 0.1) is 24.4 Å². The SMILES string of the molecule is COc1ccc(C2NC(=O)N(Cc3nc(C4CCCCC4)no3)C3=C2C(=O)OC3)cc1. The van der Waals surface area contributed by atoms with Gasteiger partial charge in [-0.2, -0.15) is 4.98 Å². The average Bonchev–Trinajstić information content (AvgIpc) is 3.43. The molecule has 0 bridgehead atoms. The topological polar surface area (TPSA) is 107 Å². The maximum atomic E-state index is 13.0. The molecule has 5 rings (SSSR count). The zero-order chi connectivity index (χ0) is 21.4. The molecule has 1 aliphatic carbocycles. The van der Waals surface area contributed by atoms with Crippen LogP contribution >= 0.6 is 0 Å². The molecule has 2 amide bonds. The minimum atomic E-state index is -0.583. The van der Waals surface area contributed by atoms with Crippen molar-refractivity contribution in [1.29, 1.82) is 0 Å². The fourth-order valence-corrected chi connectivity index (χ4v) is 4.52. The Labute approximate surface area is 179 Å². The molecule has 0 spiro atoms. The molecule has 0 saturated heterocycles. The standard InChI is InChI=1S/C22H24N4O5/c1-29-15-9-7-13(8-10-15)19-18-16(12-30-21(18)27)26(22(28)24-19)11-17-23-20(25-31-17)14-5-3-2-4-6-14/h7-10,14,19H,2-6,11-12H2,1H3,(H,24,28). The second kappa shape index (κ2) is 8.05. The first kappa shape index (κ1) is 19.6. The highest BCUT2D eigenvalue weighted by atomic mass is 16.5. The minimum absolute atomic E-state index is 0.0395. The van der Waals surface area contributed by atoms with Gasteiger partial charge in [0.15, 0.2) is 5.82 Å². The number of aromatic nitrogens is 2. The van der Waals surface area contributed by atoms with E-state index in [9.17, 15) is 9.59 Å². The second-order valence-electron chi connectivity index (χ2n) is 8.06. The van der Waals surface area contributed by atoms with Gasteiger partial charge in [-0.05, 0) is 30.5 Å². The number of carbonyl (C=O) groups excluding carboxylic acids is 2. The lowest BCUT2D eigenvalue weighted by Gasteiger charge is -2.32. The van der Waals surface area contributed by atoms with Crippen LogP contribution in [0.25, 0.3) is 0 Å². The minimum Gasteiger partial charge on any atom is -0.497 e. The maximum absolute atomic E-state index is 13.0. The van der Waals surface area contributed by atoms with Crippen molar-refractivity contribution in [2.45, 2.75) is 50.6 Å². The summed E-state index contributed by atoms with van der Waals surface area (Å²) in [5, 5.41) is 7.05. The highest BCUT2D eigenvalue weighted by Gasteiger charge is 2.42. The zero-order valence-electron chi connectivity index (χ0n) is 17.3. The van der Waals surface area contributed by atoms with Gasteiger partial charge in [0.25, 0.3) is 0 Å². The molecule has 162 valence electrons. The quantitative estimate of drug-likeness (QED) is 0.735. The number of carbonyl (C=O) groups is 2. The van der Waals surface area contributed by atoms with Crippen molar-refractivity contribution in [2.24, 2.45) is 0 Å². The number of nitrogens with one attached hydrogen (secondary N) is 1. The number of amides is 2. The lowest BCUT2D eigenvalue weighted by Crippen LogP contribution is -2.46. The van der Waals surface area contributed by atoms with E-state index in [1.54, 1.807) is 19.2 Å². The Kier molecular flexibility index (Phi) is 5.09. The molecule has 9 heteroatoms. The second-order valence-corrected chi connectivity index (χ2v) is 8.06. The lowest BCUT2D eigenvalue weighted by atomic mass is 9.89. The van der Waals surface area contributed by atoms with Crippen molar-refractivity contribution in [2.75, 3.05) is 13.7 Å². The average molecular weight is 424 g/mol. The van der Waals surface area contributed by atoms with Crippen LogP contribution in [0.2, 0.25) is 0 Å². The maximum Gasteiger partial charge on any atom is 0.338 e. The molecule has 1 fully saturated rings. The van der Waals surface area contributed by atoms with Crippen LogP contribution in [0.15, 0.2) is 40.1 Å². The molecule has 3 heterocycles.